The third-order valence-corrected chi connectivity index (χ3v) is 4.81. The molecule has 1 aromatic carbocycles. The molecule has 0 unspecified atom stereocenters. The smallest absolute Gasteiger partial charge is 0.187 e. The van der Waals surface area contributed by atoms with Crippen molar-refractivity contribution in [2.24, 2.45) is 0 Å². The minimum atomic E-state index is -0.353. The third-order valence-electron chi connectivity index (χ3n) is 4.37. The molecule has 0 bridgehead atoms. The fourth-order valence-corrected chi connectivity index (χ4v) is 3.54. The van der Waals surface area contributed by atoms with Crippen LogP contribution < -0.4 is 0 Å². The second-order valence-electron chi connectivity index (χ2n) is 5.87. The van der Waals surface area contributed by atoms with Gasteiger partial charge in [0.1, 0.15) is 28.9 Å². The quantitative estimate of drug-likeness (QED) is 0.509. The van der Waals surface area contributed by atoms with E-state index in [9.17, 15) is 13.5 Å². The number of hydrogen-bond donors (Lipinski definition) is 0. The maximum Gasteiger partial charge on any atom is 0.187 e. The molecule has 0 saturated heterocycles. The SMILES string of the molecule is CCc1c(-c2ccc3ncc(C#N)n3c2)c(-c2ccc(F)cc2)nn1SF. The molecule has 4 aromatic rings. The fourth-order valence-electron chi connectivity index (χ4n) is 3.13. The maximum atomic E-state index is 13.5. The normalized spacial score (nSPS) is 11.0. The summed E-state index contributed by atoms with van der Waals surface area (Å²) < 4.78 is 29.7. The van der Waals surface area contributed by atoms with E-state index in [0.29, 0.717) is 34.7 Å². The third kappa shape index (κ3) is 2.86. The highest BCUT2D eigenvalue weighted by Crippen LogP contribution is 2.37. The zero-order valence-electron chi connectivity index (χ0n) is 14.2. The molecule has 4 rings (SSSR count). The average molecular weight is 381 g/mol. The lowest BCUT2D eigenvalue weighted by molar-refractivity contribution is 0.628. The number of pyridine rings is 1. The molecule has 0 N–H and O–H groups in total. The summed E-state index contributed by atoms with van der Waals surface area (Å²) in [5.74, 6) is -0.353. The lowest BCUT2D eigenvalue weighted by Crippen LogP contribution is -1.95. The lowest BCUT2D eigenvalue weighted by Gasteiger charge is -2.07. The second-order valence-corrected chi connectivity index (χ2v) is 6.36. The molecular weight excluding hydrogens is 368 g/mol. The summed E-state index contributed by atoms with van der Waals surface area (Å²) in [6, 6.07) is 11.7. The molecule has 0 radical (unpaired) electrons. The van der Waals surface area contributed by atoms with Crippen LogP contribution in [0, 0.1) is 17.1 Å². The maximum absolute atomic E-state index is 13.5. The summed E-state index contributed by atoms with van der Waals surface area (Å²) >= 11 is 0.0204. The van der Waals surface area contributed by atoms with E-state index in [1.165, 1.54) is 22.4 Å². The molecule has 0 aliphatic heterocycles. The Morgan fingerprint density at radius 1 is 1.15 bits per heavy atom. The van der Waals surface area contributed by atoms with Gasteiger partial charge in [0.15, 0.2) is 12.3 Å². The number of nitrogens with zero attached hydrogens (tertiary/aromatic N) is 5. The summed E-state index contributed by atoms with van der Waals surface area (Å²) in [5.41, 5.74) is 4.49. The van der Waals surface area contributed by atoms with Crippen molar-refractivity contribution in [3.63, 3.8) is 0 Å². The second kappa shape index (κ2) is 6.85. The Morgan fingerprint density at radius 3 is 2.56 bits per heavy atom. The highest BCUT2D eigenvalue weighted by molar-refractivity contribution is 7.92. The Labute approximate surface area is 158 Å². The van der Waals surface area contributed by atoms with E-state index in [2.05, 4.69) is 16.2 Å². The number of hydrogen-bond acceptors (Lipinski definition) is 4. The molecule has 0 saturated carbocycles. The molecule has 27 heavy (non-hydrogen) atoms. The van der Waals surface area contributed by atoms with Gasteiger partial charge >= 0.3 is 0 Å². The van der Waals surface area contributed by atoms with Crippen molar-refractivity contribution in [2.75, 3.05) is 0 Å². The number of aromatic nitrogens is 4. The summed E-state index contributed by atoms with van der Waals surface area (Å²) in [5, 5.41) is 13.7. The van der Waals surface area contributed by atoms with Gasteiger partial charge in [0, 0.05) is 22.9 Å². The van der Waals surface area contributed by atoms with Gasteiger partial charge in [-0.05, 0) is 42.8 Å². The van der Waals surface area contributed by atoms with Crippen LogP contribution in [0.15, 0.2) is 48.8 Å². The molecule has 134 valence electrons. The summed E-state index contributed by atoms with van der Waals surface area (Å²) in [7, 11) is 0. The molecule has 0 spiro atoms. The van der Waals surface area contributed by atoms with Crippen molar-refractivity contribution in [1.29, 1.82) is 5.26 Å². The molecule has 0 aliphatic carbocycles. The van der Waals surface area contributed by atoms with Crippen LogP contribution in [0.1, 0.15) is 18.3 Å². The van der Waals surface area contributed by atoms with Crippen LogP contribution in [0.5, 0.6) is 0 Å². The Hall–Kier alpha value is -3.18. The Kier molecular flexibility index (Phi) is 4.38. The molecule has 3 heterocycles. The average Bonchev–Trinajstić information content (AvgIpc) is 3.28. The highest BCUT2D eigenvalue weighted by Gasteiger charge is 2.21. The monoisotopic (exact) mass is 381 g/mol. The molecule has 0 amide bonds. The minimum Gasteiger partial charge on any atom is -0.291 e. The molecule has 0 aliphatic rings. The summed E-state index contributed by atoms with van der Waals surface area (Å²) in [4.78, 5) is 4.19. The van der Waals surface area contributed by atoms with Crippen molar-refractivity contribution in [2.45, 2.75) is 13.3 Å². The van der Waals surface area contributed by atoms with Gasteiger partial charge in [-0.2, -0.15) is 14.4 Å². The van der Waals surface area contributed by atoms with Crippen LogP contribution >= 0.6 is 12.3 Å². The lowest BCUT2D eigenvalue weighted by atomic mass is 9.99. The first-order chi connectivity index (χ1) is 13.2. The highest BCUT2D eigenvalue weighted by atomic mass is 32.2. The predicted molar refractivity (Wildman–Crippen MR) is 100.0 cm³/mol. The fraction of sp³-hybridized carbons (Fsp3) is 0.105. The number of nitriles is 1. The van der Waals surface area contributed by atoms with Gasteiger partial charge in [0.05, 0.1) is 11.9 Å². The van der Waals surface area contributed by atoms with Gasteiger partial charge in [-0.25, -0.2) is 9.37 Å². The standard InChI is InChI=1S/C19H13F2N5S/c1-2-16-18(13-5-8-17-23-10-15(9-22)25(17)11-13)19(24-26(16)27-21)12-3-6-14(20)7-4-12/h3-8,10-11H,2H2,1H3. The van der Waals surface area contributed by atoms with Crippen LogP contribution in [0.3, 0.4) is 0 Å². The van der Waals surface area contributed by atoms with E-state index in [1.807, 2.05) is 13.0 Å². The zero-order chi connectivity index (χ0) is 19.0. The van der Waals surface area contributed by atoms with Gasteiger partial charge in [0.2, 0.25) is 0 Å². The topological polar surface area (TPSA) is 58.9 Å². The summed E-state index contributed by atoms with van der Waals surface area (Å²) in [6.07, 6.45) is 3.84. The largest absolute Gasteiger partial charge is 0.291 e. The number of benzene rings is 1. The van der Waals surface area contributed by atoms with Gasteiger partial charge < -0.3 is 0 Å². The number of fused-ring (bicyclic) bond motifs is 1. The Balaban J connectivity index is 2.00. The van der Waals surface area contributed by atoms with Crippen LogP contribution in [0.25, 0.3) is 28.0 Å². The number of imidazole rings is 1. The molecular formula is C19H13F2N5S. The first kappa shape index (κ1) is 17.2. The zero-order valence-corrected chi connectivity index (χ0v) is 15.0. The van der Waals surface area contributed by atoms with E-state index < -0.39 is 0 Å². The van der Waals surface area contributed by atoms with Crippen molar-refractivity contribution < 1.29 is 8.28 Å². The van der Waals surface area contributed by atoms with Crippen LogP contribution in [-0.2, 0) is 6.42 Å². The minimum absolute atomic E-state index is 0.0204. The summed E-state index contributed by atoms with van der Waals surface area (Å²) in [6.45, 7) is 1.91. The van der Waals surface area contributed by atoms with Crippen LogP contribution in [-0.4, -0.2) is 18.6 Å². The van der Waals surface area contributed by atoms with Gasteiger partial charge in [-0.3, -0.25) is 4.40 Å². The van der Waals surface area contributed by atoms with Gasteiger partial charge in [0.25, 0.3) is 0 Å². The number of halogens is 2. The van der Waals surface area contributed by atoms with E-state index >= 15 is 0 Å². The first-order valence-corrected chi connectivity index (χ1v) is 8.88. The van der Waals surface area contributed by atoms with Crippen LogP contribution in [0.4, 0.5) is 8.28 Å². The van der Waals surface area contributed by atoms with E-state index in [4.69, 9.17) is 0 Å². The van der Waals surface area contributed by atoms with Crippen molar-refractivity contribution in [1.82, 2.24) is 18.6 Å². The number of rotatable bonds is 4. The van der Waals surface area contributed by atoms with Crippen molar-refractivity contribution in [3.8, 4) is 28.5 Å². The first-order valence-electron chi connectivity index (χ1n) is 8.20. The Morgan fingerprint density at radius 2 is 1.89 bits per heavy atom. The molecule has 8 heteroatoms. The molecule has 0 atom stereocenters. The molecule has 5 nitrogen and oxygen atoms in total. The molecule has 0 fully saturated rings. The molecule has 3 aromatic heterocycles. The van der Waals surface area contributed by atoms with E-state index in [0.717, 1.165) is 11.1 Å². The predicted octanol–water partition coefficient (Wildman–Crippen LogP) is 4.82. The van der Waals surface area contributed by atoms with Crippen molar-refractivity contribution >= 4 is 18.0 Å². The van der Waals surface area contributed by atoms with Crippen LogP contribution in [0.2, 0.25) is 0 Å². The van der Waals surface area contributed by atoms with Gasteiger partial charge in [-0.1, -0.05) is 6.92 Å². The Bertz CT molecular complexity index is 1170. The van der Waals surface area contributed by atoms with Gasteiger partial charge in [-0.15, -0.1) is 3.89 Å². The van der Waals surface area contributed by atoms with Crippen molar-refractivity contribution in [3.05, 3.63) is 66.0 Å². The van der Waals surface area contributed by atoms with E-state index in [-0.39, 0.29) is 18.2 Å². The van der Waals surface area contributed by atoms with E-state index in [1.54, 1.807) is 28.8 Å².